The molecule has 0 aliphatic carbocycles. The number of hydrogen-bond donors (Lipinski definition) is 2. The van der Waals surface area contributed by atoms with Gasteiger partial charge in [0.25, 0.3) is 0 Å². The predicted octanol–water partition coefficient (Wildman–Crippen LogP) is -0.835. The van der Waals surface area contributed by atoms with E-state index in [0.29, 0.717) is 11.3 Å². The van der Waals surface area contributed by atoms with Gasteiger partial charge in [-0.3, -0.25) is 23.9 Å². The van der Waals surface area contributed by atoms with Gasteiger partial charge >= 0.3 is 13.4 Å². The standard InChI is InChI=1S/C8H9N4O5P/c1-11-5-6(4-9-11)7-2-3-8(13)12(10-7)17-18(14,15)16/h2-5H,1H3,(H2,14,15,16). The van der Waals surface area contributed by atoms with Gasteiger partial charge < -0.3 is 0 Å². The van der Waals surface area contributed by atoms with Gasteiger partial charge in [0.2, 0.25) is 0 Å². The van der Waals surface area contributed by atoms with Crippen LogP contribution in [0.5, 0.6) is 0 Å². The van der Waals surface area contributed by atoms with Crippen LogP contribution in [-0.2, 0) is 11.6 Å². The van der Waals surface area contributed by atoms with Crippen LogP contribution < -0.4 is 10.2 Å². The molecule has 2 heterocycles. The Morgan fingerprint density at radius 1 is 1.39 bits per heavy atom. The van der Waals surface area contributed by atoms with Crippen molar-refractivity contribution in [3.8, 4) is 11.3 Å². The Balaban J connectivity index is 2.44. The third kappa shape index (κ3) is 2.83. The lowest BCUT2D eigenvalue weighted by Crippen LogP contribution is -2.27. The first kappa shape index (κ1) is 12.5. The monoisotopic (exact) mass is 272 g/mol. The molecule has 0 saturated carbocycles. The van der Waals surface area contributed by atoms with E-state index >= 15 is 0 Å². The first-order chi connectivity index (χ1) is 8.35. The number of nitrogens with zero attached hydrogens (tertiary/aromatic N) is 4. The molecule has 0 aliphatic heterocycles. The highest BCUT2D eigenvalue weighted by Gasteiger charge is 2.18. The molecule has 10 heteroatoms. The maximum Gasteiger partial charge on any atom is 0.545 e. The zero-order valence-corrected chi connectivity index (χ0v) is 10.1. The van der Waals surface area contributed by atoms with Crippen LogP contribution in [0.4, 0.5) is 0 Å². The first-order valence-corrected chi connectivity index (χ1v) is 6.23. The van der Waals surface area contributed by atoms with Gasteiger partial charge in [-0.2, -0.15) is 5.10 Å². The van der Waals surface area contributed by atoms with E-state index < -0.39 is 13.4 Å². The van der Waals surface area contributed by atoms with Crippen molar-refractivity contribution in [2.24, 2.45) is 7.05 Å². The van der Waals surface area contributed by atoms with Crippen LogP contribution in [0.15, 0.2) is 29.3 Å². The SMILES string of the molecule is Cn1cc(-c2ccc(=O)n(OP(=O)(O)O)n2)cn1. The van der Waals surface area contributed by atoms with Crippen LogP contribution in [0.25, 0.3) is 11.3 Å². The molecule has 2 N–H and O–H groups in total. The largest absolute Gasteiger partial charge is 0.545 e. The van der Waals surface area contributed by atoms with Gasteiger partial charge in [0.1, 0.15) is 0 Å². The van der Waals surface area contributed by atoms with Gasteiger partial charge in [-0.25, -0.2) is 4.57 Å². The minimum Gasteiger partial charge on any atom is -0.292 e. The van der Waals surface area contributed by atoms with Gasteiger partial charge in [-0.1, -0.05) is 0 Å². The molecule has 0 unspecified atom stereocenters. The average Bonchev–Trinajstić information content (AvgIpc) is 2.66. The first-order valence-electron chi connectivity index (χ1n) is 4.70. The minimum atomic E-state index is -4.84. The van der Waals surface area contributed by atoms with Crippen molar-refractivity contribution in [2.75, 3.05) is 0 Å². The molecule has 0 amide bonds. The molecule has 0 aliphatic rings. The summed E-state index contributed by atoms with van der Waals surface area (Å²) >= 11 is 0. The third-order valence-corrected chi connectivity index (χ3v) is 2.32. The van der Waals surface area contributed by atoms with Crippen molar-refractivity contribution in [2.45, 2.75) is 0 Å². The number of phosphoric acid groups is 1. The summed E-state index contributed by atoms with van der Waals surface area (Å²) in [4.78, 5) is 28.8. The molecule has 2 rings (SSSR count). The Labute approximate surface area is 100 Å². The summed E-state index contributed by atoms with van der Waals surface area (Å²) in [7, 11) is -3.14. The van der Waals surface area contributed by atoms with Crippen molar-refractivity contribution in [1.29, 1.82) is 0 Å². The smallest absolute Gasteiger partial charge is 0.292 e. The van der Waals surface area contributed by atoms with Gasteiger partial charge in [-0.15, -0.1) is 5.10 Å². The number of hydrogen-bond acceptors (Lipinski definition) is 5. The van der Waals surface area contributed by atoms with E-state index in [1.807, 2.05) is 0 Å². The molecule has 96 valence electrons. The molecule has 9 nitrogen and oxygen atoms in total. The molecule has 18 heavy (non-hydrogen) atoms. The number of aryl methyl sites for hydroxylation is 1. The lowest BCUT2D eigenvalue weighted by atomic mass is 10.2. The van der Waals surface area contributed by atoms with E-state index in [9.17, 15) is 9.36 Å². The Bertz CT molecular complexity index is 672. The van der Waals surface area contributed by atoms with Crippen LogP contribution in [0.3, 0.4) is 0 Å². The van der Waals surface area contributed by atoms with Crippen LogP contribution in [0.1, 0.15) is 0 Å². The summed E-state index contributed by atoms with van der Waals surface area (Å²) in [6, 6.07) is 2.49. The van der Waals surface area contributed by atoms with Gasteiger partial charge in [0, 0.05) is 24.9 Å². The molecule has 0 fully saturated rings. The average molecular weight is 272 g/mol. The van der Waals surface area contributed by atoms with E-state index in [0.717, 1.165) is 6.07 Å². The summed E-state index contributed by atoms with van der Waals surface area (Å²) in [6.45, 7) is 0. The summed E-state index contributed by atoms with van der Waals surface area (Å²) < 4.78 is 16.3. The van der Waals surface area contributed by atoms with Crippen molar-refractivity contribution < 1.29 is 19.0 Å². The van der Waals surface area contributed by atoms with E-state index in [1.165, 1.54) is 16.9 Å². The molecule has 2 aromatic heterocycles. The molecule has 0 atom stereocenters. The van der Waals surface area contributed by atoms with E-state index in [-0.39, 0.29) is 4.85 Å². The highest BCUT2D eigenvalue weighted by molar-refractivity contribution is 7.46. The highest BCUT2D eigenvalue weighted by atomic mass is 31.2. The second kappa shape index (κ2) is 4.37. The summed E-state index contributed by atoms with van der Waals surface area (Å²) in [5, 5.41) is 7.59. The fraction of sp³-hybridized carbons (Fsp3) is 0.125. The topological polar surface area (TPSA) is 119 Å². The molecule has 0 radical (unpaired) electrons. The Morgan fingerprint density at radius 2 is 2.11 bits per heavy atom. The van der Waals surface area contributed by atoms with E-state index in [1.54, 1.807) is 13.2 Å². The Morgan fingerprint density at radius 3 is 2.67 bits per heavy atom. The van der Waals surface area contributed by atoms with Crippen molar-refractivity contribution in [1.82, 2.24) is 19.7 Å². The van der Waals surface area contributed by atoms with E-state index in [2.05, 4.69) is 14.8 Å². The zero-order valence-electron chi connectivity index (χ0n) is 9.16. The number of aromatic nitrogens is 4. The van der Waals surface area contributed by atoms with Crippen molar-refractivity contribution in [3.05, 3.63) is 34.9 Å². The molecule has 0 bridgehead atoms. The summed E-state index contributed by atoms with van der Waals surface area (Å²) in [5.41, 5.74) is 0.0997. The summed E-state index contributed by atoms with van der Waals surface area (Å²) in [5.74, 6) is 0. The van der Waals surface area contributed by atoms with Crippen molar-refractivity contribution >= 4 is 7.82 Å². The molecule has 0 saturated heterocycles. The van der Waals surface area contributed by atoms with Gasteiger partial charge in [0.05, 0.1) is 11.9 Å². The third-order valence-electron chi connectivity index (χ3n) is 1.96. The summed E-state index contributed by atoms with van der Waals surface area (Å²) in [6.07, 6.45) is 3.13. The zero-order chi connectivity index (χ0) is 13.3. The van der Waals surface area contributed by atoms with E-state index in [4.69, 9.17) is 9.79 Å². The quantitative estimate of drug-likeness (QED) is 0.699. The van der Waals surface area contributed by atoms with Crippen LogP contribution in [0, 0.1) is 0 Å². The van der Waals surface area contributed by atoms with Gasteiger partial charge in [0.15, 0.2) is 0 Å². The molecular formula is C8H9N4O5P. The van der Waals surface area contributed by atoms with Crippen LogP contribution >= 0.6 is 7.82 Å². The van der Waals surface area contributed by atoms with Crippen molar-refractivity contribution in [3.63, 3.8) is 0 Å². The van der Waals surface area contributed by atoms with Gasteiger partial charge in [-0.05, 0) is 10.9 Å². The maximum atomic E-state index is 11.3. The highest BCUT2D eigenvalue weighted by Crippen LogP contribution is 2.30. The molecular weight excluding hydrogens is 263 g/mol. The van der Waals surface area contributed by atoms with Crippen LogP contribution in [0.2, 0.25) is 0 Å². The molecule has 2 aromatic rings. The van der Waals surface area contributed by atoms with Crippen LogP contribution in [-0.4, -0.2) is 29.5 Å². The normalized spacial score (nSPS) is 11.5. The Kier molecular flexibility index (Phi) is 3.04. The second-order valence-electron chi connectivity index (χ2n) is 3.40. The minimum absolute atomic E-state index is 0.253. The molecule has 0 spiro atoms. The lowest BCUT2D eigenvalue weighted by Gasteiger charge is -2.07. The maximum absolute atomic E-state index is 11.3. The lowest BCUT2D eigenvalue weighted by molar-refractivity contribution is 0.146. The number of rotatable bonds is 3. The fourth-order valence-corrected chi connectivity index (χ4v) is 1.58. The Hall–Kier alpha value is -1.96. The predicted molar refractivity (Wildman–Crippen MR) is 59.3 cm³/mol. The second-order valence-corrected chi connectivity index (χ2v) is 4.55. The molecule has 0 aromatic carbocycles. The fourth-order valence-electron chi connectivity index (χ4n) is 1.26.